The van der Waals surface area contributed by atoms with Gasteiger partial charge in [-0.25, -0.2) is 4.98 Å². The molecule has 1 aromatic rings. The molecule has 0 radical (unpaired) electrons. The van der Waals surface area contributed by atoms with Gasteiger partial charge in [-0.2, -0.15) is 0 Å². The van der Waals surface area contributed by atoms with E-state index in [2.05, 4.69) is 28.7 Å². The number of nitrogens with zero attached hydrogens (tertiary/aromatic N) is 4. The first-order chi connectivity index (χ1) is 12.9. The number of amides is 2. The van der Waals surface area contributed by atoms with Crippen LogP contribution in [0.15, 0.2) is 24.9 Å². The van der Waals surface area contributed by atoms with Crippen LogP contribution < -0.4 is 10.2 Å². The molecule has 1 atom stereocenters. The lowest BCUT2D eigenvalue weighted by atomic mass is 10.1. The molecule has 0 aromatic carbocycles. The second kappa shape index (κ2) is 7.90. The first-order valence-electron chi connectivity index (χ1n) is 9.49. The van der Waals surface area contributed by atoms with E-state index < -0.39 is 0 Å². The van der Waals surface area contributed by atoms with Gasteiger partial charge in [-0.15, -0.1) is 0 Å². The Bertz CT molecular complexity index is 787. The van der Waals surface area contributed by atoms with Crippen molar-refractivity contribution >= 4 is 23.2 Å². The van der Waals surface area contributed by atoms with Gasteiger partial charge in [0.25, 0.3) is 5.91 Å². The van der Waals surface area contributed by atoms with Crippen LogP contribution in [0.3, 0.4) is 0 Å². The molecule has 7 nitrogen and oxygen atoms in total. The monoisotopic (exact) mass is 369 g/mol. The van der Waals surface area contributed by atoms with E-state index in [0.717, 1.165) is 17.9 Å². The normalized spacial score (nSPS) is 19.0. The van der Waals surface area contributed by atoms with Gasteiger partial charge in [0.1, 0.15) is 5.82 Å². The largest absolute Gasteiger partial charge is 0.350 e. The zero-order valence-corrected chi connectivity index (χ0v) is 16.2. The smallest absolute Gasteiger partial charge is 0.253 e. The molecule has 2 heterocycles. The summed E-state index contributed by atoms with van der Waals surface area (Å²) < 4.78 is 0. The lowest BCUT2D eigenvalue weighted by molar-refractivity contribution is -0.126. The third kappa shape index (κ3) is 3.86. The highest BCUT2D eigenvalue weighted by Crippen LogP contribution is 2.28. The number of carbonyl (C=O) groups is 2. The average molecular weight is 369 g/mol. The summed E-state index contributed by atoms with van der Waals surface area (Å²) in [6, 6.07) is 0.229. The fraction of sp³-hybridized carbons (Fsp3) is 0.500. The van der Waals surface area contributed by atoms with Gasteiger partial charge < -0.3 is 15.1 Å². The van der Waals surface area contributed by atoms with E-state index in [4.69, 9.17) is 4.98 Å². The molecule has 2 amide bonds. The summed E-state index contributed by atoms with van der Waals surface area (Å²) in [6.07, 6.45) is 6.55. The Hall–Kier alpha value is -2.70. The van der Waals surface area contributed by atoms with Crippen molar-refractivity contribution < 1.29 is 9.59 Å². The summed E-state index contributed by atoms with van der Waals surface area (Å²) in [5.41, 5.74) is 2.10. The average Bonchev–Trinajstić information content (AvgIpc) is 3.09. The summed E-state index contributed by atoms with van der Waals surface area (Å²) in [5.74, 6) is 0.615. The number of rotatable bonds is 5. The van der Waals surface area contributed by atoms with Crippen LogP contribution in [0.5, 0.6) is 0 Å². The van der Waals surface area contributed by atoms with Crippen LogP contribution in [0.1, 0.15) is 38.6 Å². The van der Waals surface area contributed by atoms with Gasteiger partial charge in [0, 0.05) is 38.1 Å². The first-order valence-corrected chi connectivity index (χ1v) is 9.49. The van der Waals surface area contributed by atoms with E-state index in [0.29, 0.717) is 37.3 Å². The van der Waals surface area contributed by atoms with Gasteiger partial charge in [-0.3, -0.25) is 14.6 Å². The van der Waals surface area contributed by atoms with Gasteiger partial charge in [0.15, 0.2) is 0 Å². The minimum Gasteiger partial charge on any atom is -0.350 e. The topological polar surface area (TPSA) is 78.4 Å². The molecule has 0 saturated carbocycles. The Morgan fingerprint density at radius 1 is 1.41 bits per heavy atom. The SMILES string of the molecule is C=CC(=O)N1CCN(c2cnc3c(n2)C(C(=O)NC(C)C)=CC3)[C@@H](CC)C1. The molecule has 2 aliphatic rings. The van der Waals surface area contributed by atoms with Crippen molar-refractivity contribution in [1.29, 1.82) is 0 Å². The molecule has 0 unspecified atom stereocenters. The molecular weight excluding hydrogens is 342 g/mol. The van der Waals surface area contributed by atoms with Crippen molar-refractivity contribution in [2.45, 2.75) is 45.7 Å². The molecule has 7 heteroatoms. The molecular formula is C20H27N5O2. The van der Waals surface area contributed by atoms with Crippen molar-refractivity contribution in [3.05, 3.63) is 36.3 Å². The van der Waals surface area contributed by atoms with E-state index >= 15 is 0 Å². The predicted octanol–water partition coefficient (Wildman–Crippen LogP) is 1.55. The molecule has 1 aliphatic carbocycles. The molecule has 1 saturated heterocycles. The third-order valence-corrected chi connectivity index (χ3v) is 4.99. The van der Waals surface area contributed by atoms with E-state index in [1.165, 1.54) is 6.08 Å². The highest BCUT2D eigenvalue weighted by molar-refractivity contribution is 6.20. The first kappa shape index (κ1) is 19.1. The number of allylic oxidation sites excluding steroid dienone is 1. The molecule has 0 bridgehead atoms. The maximum Gasteiger partial charge on any atom is 0.253 e. The number of hydrogen-bond donors (Lipinski definition) is 1. The van der Waals surface area contributed by atoms with Crippen LogP contribution in [0.25, 0.3) is 5.57 Å². The molecule has 27 heavy (non-hydrogen) atoms. The summed E-state index contributed by atoms with van der Waals surface area (Å²) in [7, 11) is 0. The maximum absolute atomic E-state index is 12.5. The number of aromatic nitrogens is 2. The third-order valence-electron chi connectivity index (χ3n) is 4.99. The summed E-state index contributed by atoms with van der Waals surface area (Å²) in [6.45, 7) is 11.5. The summed E-state index contributed by atoms with van der Waals surface area (Å²) in [4.78, 5) is 37.8. The lowest BCUT2D eigenvalue weighted by Crippen LogP contribution is -2.54. The van der Waals surface area contributed by atoms with E-state index in [9.17, 15) is 9.59 Å². The minimum atomic E-state index is -0.108. The quantitative estimate of drug-likeness (QED) is 0.797. The molecule has 1 aliphatic heterocycles. The van der Waals surface area contributed by atoms with E-state index in [-0.39, 0.29) is 23.9 Å². The summed E-state index contributed by atoms with van der Waals surface area (Å²) >= 11 is 0. The van der Waals surface area contributed by atoms with E-state index in [1.807, 2.05) is 24.8 Å². The maximum atomic E-state index is 12.5. The van der Waals surface area contributed by atoms with Crippen LogP contribution >= 0.6 is 0 Å². The standard InChI is InChI=1S/C20H27N5O2/c1-5-14-12-24(18(26)6-2)9-10-25(14)17-11-21-16-8-7-15(19(16)23-17)20(27)22-13(3)4/h6-7,11,13-14H,2,5,8-10,12H2,1,3-4H3,(H,22,27)/t14-/m0/s1. The molecule has 0 spiro atoms. The Kier molecular flexibility index (Phi) is 5.58. The second-order valence-corrected chi connectivity index (χ2v) is 7.22. The number of carbonyl (C=O) groups excluding carboxylic acids is 2. The Morgan fingerprint density at radius 2 is 2.19 bits per heavy atom. The highest BCUT2D eigenvalue weighted by Gasteiger charge is 2.30. The Balaban J connectivity index is 1.83. The number of fused-ring (bicyclic) bond motifs is 1. The zero-order valence-electron chi connectivity index (χ0n) is 16.2. The predicted molar refractivity (Wildman–Crippen MR) is 105 cm³/mol. The Labute approximate surface area is 160 Å². The number of anilines is 1. The zero-order chi connectivity index (χ0) is 19.6. The van der Waals surface area contributed by atoms with Crippen LogP contribution in [0, 0.1) is 0 Å². The minimum absolute atomic E-state index is 0.0382. The van der Waals surface area contributed by atoms with E-state index in [1.54, 1.807) is 6.20 Å². The fourth-order valence-corrected chi connectivity index (χ4v) is 3.58. The highest BCUT2D eigenvalue weighted by atomic mass is 16.2. The fourth-order valence-electron chi connectivity index (χ4n) is 3.58. The van der Waals surface area contributed by atoms with Crippen LogP contribution in [0.2, 0.25) is 0 Å². The second-order valence-electron chi connectivity index (χ2n) is 7.22. The van der Waals surface area contributed by atoms with Crippen LogP contribution in [-0.2, 0) is 16.0 Å². The number of piperazine rings is 1. The molecule has 1 N–H and O–H groups in total. The van der Waals surface area contributed by atoms with Crippen molar-refractivity contribution in [3.63, 3.8) is 0 Å². The van der Waals surface area contributed by atoms with Crippen LogP contribution in [0.4, 0.5) is 5.82 Å². The van der Waals surface area contributed by atoms with Gasteiger partial charge in [-0.1, -0.05) is 19.6 Å². The number of nitrogens with one attached hydrogen (secondary N) is 1. The van der Waals surface area contributed by atoms with Crippen LogP contribution in [-0.4, -0.2) is 58.4 Å². The molecule has 144 valence electrons. The molecule has 1 fully saturated rings. The van der Waals surface area contributed by atoms with Gasteiger partial charge in [-0.05, 0) is 26.3 Å². The van der Waals surface area contributed by atoms with Crippen molar-refractivity contribution in [2.75, 3.05) is 24.5 Å². The Morgan fingerprint density at radius 3 is 2.85 bits per heavy atom. The number of hydrogen-bond acceptors (Lipinski definition) is 5. The van der Waals surface area contributed by atoms with Crippen molar-refractivity contribution in [3.8, 4) is 0 Å². The van der Waals surface area contributed by atoms with Gasteiger partial charge >= 0.3 is 0 Å². The molecule has 1 aromatic heterocycles. The lowest BCUT2D eigenvalue weighted by Gasteiger charge is -2.41. The molecule has 3 rings (SSSR count). The van der Waals surface area contributed by atoms with Gasteiger partial charge in [0.2, 0.25) is 5.91 Å². The van der Waals surface area contributed by atoms with Gasteiger partial charge in [0.05, 0.1) is 23.2 Å². The summed E-state index contributed by atoms with van der Waals surface area (Å²) in [5, 5.41) is 2.93. The van der Waals surface area contributed by atoms with Crippen molar-refractivity contribution in [2.24, 2.45) is 0 Å². The van der Waals surface area contributed by atoms with Crippen molar-refractivity contribution in [1.82, 2.24) is 20.2 Å².